The number of anilines is 1. The lowest BCUT2D eigenvalue weighted by molar-refractivity contribution is 0.0520. The van der Waals surface area contributed by atoms with E-state index in [0.717, 1.165) is 11.4 Å². The molecule has 1 atom stereocenters. The molecule has 6 heteroatoms. The Hall–Kier alpha value is -1.56. The van der Waals surface area contributed by atoms with E-state index in [1.807, 2.05) is 56.8 Å². The summed E-state index contributed by atoms with van der Waals surface area (Å²) in [6, 6.07) is 8.51. The van der Waals surface area contributed by atoms with Crippen molar-refractivity contribution >= 4 is 23.5 Å². The van der Waals surface area contributed by atoms with Gasteiger partial charge >= 0.3 is 6.09 Å². The molecular formula is C17H26N2O3S. The fourth-order valence-electron chi connectivity index (χ4n) is 2.17. The minimum absolute atomic E-state index is 0.408. The zero-order valence-corrected chi connectivity index (χ0v) is 14.9. The van der Waals surface area contributed by atoms with Crippen LogP contribution < -0.4 is 15.4 Å². The van der Waals surface area contributed by atoms with Crippen molar-refractivity contribution in [3.05, 3.63) is 24.3 Å². The van der Waals surface area contributed by atoms with Crippen LogP contribution >= 0.6 is 11.8 Å². The van der Waals surface area contributed by atoms with Crippen LogP contribution in [0.25, 0.3) is 0 Å². The van der Waals surface area contributed by atoms with Crippen LogP contribution in [0.3, 0.4) is 0 Å². The van der Waals surface area contributed by atoms with Crippen LogP contribution in [0.4, 0.5) is 10.5 Å². The van der Waals surface area contributed by atoms with Crippen molar-refractivity contribution in [2.24, 2.45) is 0 Å². The SMILES string of the molecule is CC(C)(C)OC(=O)NCCOc1ccc(NC2CCSC2)cc1. The molecule has 0 bridgehead atoms. The fraction of sp³-hybridized carbons (Fsp3) is 0.588. The standard InChI is InChI=1S/C17H26N2O3S/c1-17(2,3)22-16(20)18-9-10-21-15-6-4-13(5-7-15)19-14-8-11-23-12-14/h4-7,14,19H,8-12H2,1-3H3,(H,18,20). The molecule has 2 N–H and O–H groups in total. The second-order valence-electron chi connectivity index (χ2n) is 6.51. The summed E-state index contributed by atoms with van der Waals surface area (Å²) in [5, 5.41) is 6.19. The Morgan fingerprint density at radius 3 is 2.65 bits per heavy atom. The number of hydrogen-bond donors (Lipinski definition) is 2. The number of carbonyl (C=O) groups excluding carboxylic acids is 1. The van der Waals surface area contributed by atoms with Gasteiger partial charge in [-0.15, -0.1) is 0 Å². The Morgan fingerprint density at radius 1 is 1.30 bits per heavy atom. The predicted octanol–water partition coefficient (Wildman–Crippen LogP) is 3.51. The van der Waals surface area contributed by atoms with E-state index in [-0.39, 0.29) is 0 Å². The Labute approximate surface area is 142 Å². The third-order valence-corrected chi connectivity index (χ3v) is 4.36. The molecule has 1 aromatic rings. The first-order valence-electron chi connectivity index (χ1n) is 7.96. The van der Waals surface area contributed by atoms with Gasteiger partial charge in [-0.3, -0.25) is 0 Å². The largest absolute Gasteiger partial charge is 0.492 e. The van der Waals surface area contributed by atoms with E-state index >= 15 is 0 Å². The predicted molar refractivity (Wildman–Crippen MR) is 95.5 cm³/mol. The summed E-state index contributed by atoms with van der Waals surface area (Å²) < 4.78 is 10.8. The van der Waals surface area contributed by atoms with Crippen LogP contribution in [0.1, 0.15) is 27.2 Å². The molecule has 1 aromatic carbocycles. The molecule has 5 nitrogen and oxygen atoms in total. The van der Waals surface area contributed by atoms with E-state index in [4.69, 9.17) is 9.47 Å². The van der Waals surface area contributed by atoms with Gasteiger partial charge in [0.2, 0.25) is 0 Å². The third-order valence-electron chi connectivity index (χ3n) is 3.19. The molecule has 128 valence electrons. The van der Waals surface area contributed by atoms with Gasteiger partial charge in [0.05, 0.1) is 6.54 Å². The maximum absolute atomic E-state index is 11.5. The summed E-state index contributed by atoms with van der Waals surface area (Å²) in [5.74, 6) is 3.21. The normalized spacial score (nSPS) is 17.6. The number of benzene rings is 1. The van der Waals surface area contributed by atoms with E-state index in [0.29, 0.717) is 19.2 Å². The summed E-state index contributed by atoms with van der Waals surface area (Å²) in [5.41, 5.74) is 0.641. The summed E-state index contributed by atoms with van der Waals surface area (Å²) in [6.07, 6.45) is 0.800. The van der Waals surface area contributed by atoms with Crippen molar-refractivity contribution < 1.29 is 14.3 Å². The number of hydrogen-bond acceptors (Lipinski definition) is 5. The lowest BCUT2D eigenvalue weighted by atomic mass is 10.2. The Kier molecular flexibility index (Phi) is 6.45. The summed E-state index contributed by atoms with van der Waals surface area (Å²) >= 11 is 1.99. The molecule has 0 saturated carbocycles. The topological polar surface area (TPSA) is 59.6 Å². The molecule has 1 aliphatic rings. The van der Waals surface area contributed by atoms with Crippen molar-refractivity contribution in [1.29, 1.82) is 0 Å². The van der Waals surface area contributed by atoms with Crippen LogP contribution in [0.5, 0.6) is 5.75 Å². The molecule has 0 spiro atoms. The number of carbonyl (C=O) groups is 1. The minimum Gasteiger partial charge on any atom is -0.492 e. The molecule has 1 unspecified atom stereocenters. The van der Waals surface area contributed by atoms with Gasteiger partial charge in [0, 0.05) is 17.5 Å². The average molecular weight is 338 g/mol. The van der Waals surface area contributed by atoms with Gasteiger partial charge < -0.3 is 20.1 Å². The van der Waals surface area contributed by atoms with Crippen LogP contribution in [-0.2, 0) is 4.74 Å². The van der Waals surface area contributed by atoms with E-state index < -0.39 is 11.7 Å². The molecule has 1 aliphatic heterocycles. The van der Waals surface area contributed by atoms with Gasteiger partial charge in [0.25, 0.3) is 0 Å². The lowest BCUT2D eigenvalue weighted by Gasteiger charge is -2.19. The molecule has 0 aromatic heterocycles. The first-order valence-corrected chi connectivity index (χ1v) is 9.12. The highest BCUT2D eigenvalue weighted by Gasteiger charge is 2.16. The van der Waals surface area contributed by atoms with Gasteiger partial charge in [-0.1, -0.05) is 0 Å². The maximum Gasteiger partial charge on any atom is 0.407 e. The number of alkyl carbamates (subject to hydrolysis) is 1. The number of nitrogens with one attached hydrogen (secondary N) is 2. The fourth-order valence-corrected chi connectivity index (χ4v) is 3.32. The van der Waals surface area contributed by atoms with Crippen LogP contribution in [0.15, 0.2) is 24.3 Å². The number of amides is 1. The zero-order valence-electron chi connectivity index (χ0n) is 14.1. The van der Waals surface area contributed by atoms with Crippen LogP contribution in [0.2, 0.25) is 0 Å². The molecular weight excluding hydrogens is 312 g/mol. The first kappa shape index (κ1) is 17.8. The van der Waals surface area contributed by atoms with Gasteiger partial charge in [0.15, 0.2) is 0 Å². The quantitative estimate of drug-likeness (QED) is 0.777. The first-order chi connectivity index (χ1) is 10.9. The van der Waals surface area contributed by atoms with E-state index in [1.165, 1.54) is 17.9 Å². The number of thioether (sulfide) groups is 1. The highest BCUT2D eigenvalue weighted by Crippen LogP contribution is 2.22. The number of rotatable bonds is 6. The summed E-state index contributed by atoms with van der Waals surface area (Å²) in [7, 11) is 0. The van der Waals surface area contributed by atoms with Gasteiger partial charge in [-0.05, 0) is 57.2 Å². The third kappa shape index (κ3) is 7.03. The van der Waals surface area contributed by atoms with Crippen molar-refractivity contribution in [2.75, 3.05) is 30.0 Å². The zero-order chi connectivity index (χ0) is 16.7. The van der Waals surface area contributed by atoms with Gasteiger partial charge in [0.1, 0.15) is 18.0 Å². The monoisotopic (exact) mass is 338 g/mol. The lowest BCUT2D eigenvalue weighted by Crippen LogP contribution is -2.34. The molecule has 2 rings (SSSR count). The molecule has 0 radical (unpaired) electrons. The smallest absolute Gasteiger partial charge is 0.407 e. The van der Waals surface area contributed by atoms with Gasteiger partial charge in [-0.2, -0.15) is 11.8 Å². The second kappa shape index (κ2) is 8.34. The molecule has 1 amide bonds. The van der Waals surface area contributed by atoms with Crippen LogP contribution in [0, 0.1) is 0 Å². The summed E-state index contributed by atoms with van der Waals surface area (Å²) in [4.78, 5) is 11.5. The minimum atomic E-state index is -0.481. The maximum atomic E-state index is 11.5. The summed E-state index contributed by atoms with van der Waals surface area (Å²) in [6.45, 7) is 6.33. The Bertz CT molecular complexity index is 494. The van der Waals surface area contributed by atoms with E-state index in [2.05, 4.69) is 10.6 Å². The Morgan fingerprint density at radius 2 is 2.04 bits per heavy atom. The van der Waals surface area contributed by atoms with Crippen molar-refractivity contribution in [2.45, 2.75) is 38.8 Å². The highest BCUT2D eigenvalue weighted by molar-refractivity contribution is 7.99. The van der Waals surface area contributed by atoms with Crippen molar-refractivity contribution in [3.8, 4) is 5.75 Å². The molecule has 23 heavy (non-hydrogen) atoms. The number of ether oxygens (including phenoxy) is 2. The average Bonchev–Trinajstić information content (AvgIpc) is 2.96. The van der Waals surface area contributed by atoms with E-state index in [1.54, 1.807) is 0 Å². The van der Waals surface area contributed by atoms with Crippen molar-refractivity contribution in [1.82, 2.24) is 5.32 Å². The highest BCUT2D eigenvalue weighted by atomic mass is 32.2. The van der Waals surface area contributed by atoms with E-state index in [9.17, 15) is 4.79 Å². The molecule has 1 fully saturated rings. The van der Waals surface area contributed by atoms with Gasteiger partial charge in [-0.25, -0.2) is 4.79 Å². The van der Waals surface area contributed by atoms with Crippen molar-refractivity contribution in [3.63, 3.8) is 0 Å². The second-order valence-corrected chi connectivity index (χ2v) is 7.66. The molecule has 0 aliphatic carbocycles. The molecule has 1 saturated heterocycles. The van der Waals surface area contributed by atoms with Crippen LogP contribution in [-0.4, -0.2) is 42.4 Å². The Balaban J connectivity index is 1.65. The molecule has 1 heterocycles.